The van der Waals surface area contributed by atoms with Crippen LogP contribution in [0.4, 0.5) is 0 Å². The number of isocyanates is 1. The van der Waals surface area contributed by atoms with Crippen LogP contribution >= 0.6 is 0 Å². The lowest BCUT2D eigenvalue weighted by Crippen LogP contribution is -2.17. The van der Waals surface area contributed by atoms with Crippen LogP contribution in [-0.2, 0) is 9.59 Å². The zero-order valence-electron chi connectivity index (χ0n) is 6.20. The fourth-order valence-corrected chi connectivity index (χ4v) is 0.582. The molecule has 1 atom stereocenters. The van der Waals surface area contributed by atoms with Crippen LogP contribution in [0, 0.1) is 0 Å². The van der Waals surface area contributed by atoms with E-state index in [9.17, 15) is 9.59 Å². The molecule has 0 aliphatic heterocycles. The summed E-state index contributed by atoms with van der Waals surface area (Å²) < 4.78 is 0. The molecule has 60 valence electrons. The van der Waals surface area contributed by atoms with Crippen LogP contribution in [0.25, 0.3) is 0 Å². The lowest BCUT2D eigenvalue weighted by molar-refractivity contribution is -0.138. The van der Waals surface area contributed by atoms with E-state index >= 15 is 0 Å². The smallest absolute Gasteiger partial charge is 0.329 e. The fraction of sp³-hybridized carbons (Fsp3) is 0.429. The molecule has 0 aliphatic rings. The van der Waals surface area contributed by atoms with Crippen LogP contribution in [0.1, 0.15) is 13.3 Å². The van der Waals surface area contributed by atoms with E-state index in [1.165, 1.54) is 6.08 Å². The molecule has 0 aromatic carbocycles. The Kier molecular flexibility index (Phi) is 3.85. The number of hydrogen-bond donors (Lipinski definition) is 1. The minimum Gasteiger partial charge on any atom is -0.480 e. The molecule has 0 saturated heterocycles. The molecule has 0 amide bonds. The van der Waals surface area contributed by atoms with E-state index in [1.807, 2.05) is 0 Å². The Morgan fingerprint density at radius 2 is 2.36 bits per heavy atom. The van der Waals surface area contributed by atoms with Crippen molar-refractivity contribution in [1.82, 2.24) is 0 Å². The van der Waals surface area contributed by atoms with Gasteiger partial charge >= 0.3 is 5.97 Å². The van der Waals surface area contributed by atoms with E-state index in [2.05, 4.69) is 11.6 Å². The third kappa shape index (κ3) is 4.06. The second kappa shape index (κ2) is 4.41. The first kappa shape index (κ1) is 9.59. The van der Waals surface area contributed by atoms with Crippen molar-refractivity contribution in [3.63, 3.8) is 0 Å². The molecule has 0 bridgehead atoms. The Labute approximate surface area is 64.3 Å². The maximum atomic E-state index is 10.3. The van der Waals surface area contributed by atoms with Gasteiger partial charge in [-0.1, -0.05) is 5.57 Å². The summed E-state index contributed by atoms with van der Waals surface area (Å²) in [6, 6.07) is -1.02. The van der Waals surface area contributed by atoms with Gasteiger partial charge in [-0.3, -0.25) is 0 Å². The quantitative estimate of drug-likeness (QED) is 0.370. The topological polar surface area (TPSA) is 66.7 Å². The molecule has 11 heavy (non-hydrogen) atoms. The highest BCUT2D eigenvalue weighted by atomic mass is 16.4. The lowest BCUT2D eigenvalue weighted by atomic mass is 10.1. The molecule has 0 radical (unpaired) electrons. The number of aliphatic imine (C=N–C) groups is 1. The predicted molar refractivity (Wildman–Crippen MR) is 39.0 cm³/mol. The molecule has 4 nitrogen and oxygen atoms in total. The summed E-state index contributed by atoms with van der Waals surface area (Å²) in [5, 5.41) is 8.44. The molecule has 0 aromatic heterocycles. The van der Waals surface area contributed by atoms with Crippen molar-refractivity contribution in [2.75, 3.05) is 0 Å². The molecule has 4 heteroatoms. The Balaban J connectivity index is 4.22. The highest BCUT2D eigenvalue weighted by Gasteiger charge is 2.15. The molecule has 0 rings (SSSR count). The Morgan fingerprint density at radius 3 is 2.64 bits per heavy atom. The van der Waals surface area contributed by atoms with Gasteiger partial charge in [0.15, 0.2) is 6.04 Å². The molecule has 1 N–H and O–H groups in total. The molecular formula is C7H9NO3. The molecule has 0 saturated carbocycles. The van der Waals surface area contributed by atoms with Crippen molar-refractivity contribution < 1.29 is 14.7 Å². The van der Waals surface area contributed by atoms with Gasteiger partial charge in [-0.25, -0.2) is 9.59 Å². The number of nitrogens with zero attached hydrogens (tertiary/aromatic N) is 1. The first-order valence-electron chi connectivity index (χ1n) is 3.02. The van der Waals surface area contributed by atoms with Crippen molar-refractivity contribution in [1.29, 1.82) is 0 Å². The summed E-state index contributed by atoms with van der Waals surface area (Å²) in [4.78, 5) is 23.1. The van der Waals surface area contributed by atoms with Crippen LogP contribution in [0.3, 0.4) is 0 Å². The highest BCUT2D eigenvalue weighted by molar-refractivity contribution is 5.75. The van der Waals surface area contributed by atoms with Gasteiger partial charge in [0.25, 0.3) is 0 Å². The average molecular weight is 155 g/mol. The van der Waals surface area contributed by atoms with E-state index in [1.54, 1.807) is 6.92 Å². The zero-order valence-corrected chi connectivity index (χ0v) is 6.20. The van der Waals surface area contributed by atoms with Crippen molar-refractivity contribution in [2.24, 2.45) is 4.99 Å². The molecule has 0 fully saturated rings. The van der Waals surface area contributed by atoms with Crippen molar-refractivity contribution in [2.45, 2.75) is 19.4 Å². The van der Waals surface area contributed by atoms with Gasteiger partial charge in [0.1, 0.15) is 0 Å². The number of rotatable bonds is 4. The molecular weight excluding hydrogens is 146 g/mol. The minimum absolute atomic E-state index is 0.185. The van der Waals surface area contributed by atoms with E-state index < -0.39 is 12.0 Å². The van der Waals surface area contributed by atoms with Gasteiger partial charge in [0.2, 0.25) is 6.08 Å². The predicted octanol–water partition coefficient (Wildman–Crippen LogP) is 0.742. The summed E-state index contributed by atoms with van der Waals surface area (Å²) in [5.74, 6) is -1.13. The molecule has 0 aromatic rings. The maximum absolute atomic E-state index is 10.3. The van der Waals surface area contributed by atoms with Crippen LogP contribution in [-0.4, -0.2) is 23.2 Å². The van der Waals surface area contributed by atoms with Crippen molar-refractivity contribution in [3.8, 4) is 0 Å². The van der Waals surface area contributed by atoms with Crippen molar-refractivity contribution in [3.05, 3.63) is 12.2 Å². The van der Waals surface area contributed by atoms with E-state index in [4.69, 9.17) is 5.11 Å². The summed E-state index contributed by atoms with van der Waals surface area (Å²) in [6.45, 7) is 5.18. The largest absolute Gasteiger partial charge is 0.480 e. The van der Waals surface area contributed by atoms with Gasteiger partial charge in [-0.05, 0) is 6.92 Å². The van der Waals surface area contributed by atoms with Gasteiger partial charge in [0.05, 0.1) is 0 Å². The Bertz CT molecular complexity index is 214. The van der Waals surface area contributed by atoms with Gasteiger partial charge in [-0.15, -0.1) is 6.58 Å². The Morgan fingerprint density at radius 1 is 1.82 bits per heavy atom. The third-order valence-corrected chi connectivity index (χ3v) is 1.04. The first-order chi connectivity index (χ1) is 5.07. The minimum atomic E-state index is -1.13. The van der Waals surface area contributed by atoms with Crippen LogP contribution in [0.5, 0.6) is 0 Å². The lowest BCUT2D eigenvalue weighted by Gasteiger charge is -2.02. The Hall–Kier alpha value is -1.41. The summed E-state index contributed by atoms with van der Waals surface area (Å²) in [7, 11) is 0. The second-order valence-corrected chi connectivity index (χ2v) is 2.24. The van der Waals surface area contributed by atoms with Gasteiger partial charge in [-0.2, -0.15) is 4.99 Å². The molecule has 1 unspecified atom stereocenters. The fourth-order valence-electron chi connectivity index (χ4n) is 0.582. The number of carboxylic acid groups (broad SMARTS) is 1. The number of aliphatic carboxylic acids is 1. The SMILES string of the molecule is C=C(C)CC(N=C=O)C(=O)O. The van der Waals surface area contributed by atoms with Crippen LogP contribution in [0.15, 0.2) is 17.1 Å². The standard InChI is InChI=1S/C7H9NO3/c1-5(2)3-6(7(10)11)8-4-9/h6H,1,3H2,2H3,(H,10,11). The average Bonchev–Trinajstić information content (AvgIpc) is 1.86. The van der Waals surface area contributed by atoms with Crippen LogP contribution < -0.4 is 0 Å². The van der Waals surface area contributed by atoms with E-state index in [0.29, 0.717) is 5.57 Å². The van der Waals surface area contributed by atoms with Gasteiger partial charge in [0, 0.05) is 6.42 Å². The molecule has 0 spiro atoms. The zero-order chi connectivity index (χ0) is 8.85. The third-order valence-electron chi connectivity index (χ3n) is 1.04. The molecule has 0 aliphatic carbocycles. The normalized spacial score (nSPS) is 11.4. The second-order valence-electron chi connectivity index (χ2n) is 2.24. The van der Waals surface area contributed by atoms with Gasteiger partial charge < -0.3 is 5.11 Å². The number of carboxylic acids is 1. The summed E-state index contributed by atoms with van der Waals surface area (Å²) >= 11 is 0. The molecule has 0 heterocycles. The van der Waals surface area contributed by atoms with E-state index in [-0.39, 0.29) is 6.42 Å². The highest BCUT2D eigenvalue weighted by Crippen LogP contribution is 2.04. The van der Waals surface area contributed by atoms with Crippen LogP contribution in [0.2, 0.25) is 0 Å². The van der Waals surface area contributed by atoms with Crippen molar-refractivity contribution >= 4 is 12.0 Å². The van der Waals surface area contributed by atoms with E-state index in [0.717, 1.165) is 0 Å². The number of carbonyl (C=O) groups excluding carboxylic acids is 1. The summed E-state index contributed by atoms with van der Waals surface area (Å²) in [5.41, 5.74) is 0.677. The summed E-state index contributed by atoms with van der Waals surface area (Å²) in [6.07, 6.45) is 1.39. The number of carbonyl (C=O) groups is 1. The monoisotopic (exact) mass is 155 g/mol. The first-order valence-corrected chi connectivity index (χ1v) is 3.02. The number of hydrogen-bond acceptors (Lipinski definition) is 3. The maximum Gasteiger partial charge on any atom is 0.329 e.